The van der Waals surface area contributed by atoms with Gasteiger partial charge in [-0.05, 0) is 48.0 Å². The van der Waals surface area contributed by atoms with E-state index in [0.29, 0.717) is 11.8 Å². The van der Waals surface area contributed by atoms with Gasteiger partial charge in [0.2, 0.25) is 0 Å². The van der Waals surface area contributed by atoms with E-state index in [0.717, 1.165) is 77.6 Å². The fraction of sp³-hybridized carbons (Fsp3) is 0.167. The highest BCUT2D eigenvalue weighted by Gasteiger charge is 2.21. The van der Waals surface area contributed by atoms with E-state index in [4.69, 9.17) is 4.74 Å². The molecule has 1 aliphatic heterocycles. The summed E-state index contributed by atoms with van der Waals surface area (Å²) in [6.07, 6.45) is 4.78. The highest BCUT2D eigenvalue weighted by Crippen LogP contribution is 2.31. The minimum absolute atomic E-state index is 0. The van der Waals surface area contributed by atoms with E-state index in [1.54, 1.807) is 25.7 Å². The summed E-state index contributed by atoms with van der Waals surface area (Å²) in [5.74, 6) is 0.0794. The molecule has 0 amide bonds. The van der Waals surface area contributed by atoms with Crippen LogP contribution in [0.4, 0.5) is 26.0 Å². The number of fused-ring (bicyclic) bond motifs is 1. The summed E-state index contributed by atoms with van der Waals surface area (Å²) in [4.78, 5) is 17.8. The van der Waals surface area contributed by atoms with E-state index < -0.39 is 22.6 Å². The van der Waals surface area contributed by atoms with Gasteiger partial charge in [-0.1, -0.05) is 12.1 Å². The average Bonchev–Trinajstić information content (AvgIpc) is 3.00. The van der Waals surface area contributed by atoms with Crippen LogP contribution in [0.25, 0.3) is 22.0 Å². The fourth-order valence-electron chi connectivity index (χ4n) is 4.90. The molecule has 2 aromatic heterocycles. The maximum atomic E-state index is 14.1. The van der Waals surface area contributed by atoms with Crippen LogP contribution < -0.4 is 19.3 Å². The zero-order chi connectivity index (χ0) is 28.3. The number of halogens is 2. The predicted octanol–water partition coefficient (Wildman–Crippen LogP) is 4.62. The van der Waals surface area contributed by atoms with Crippen molar-refractivity contribution in [1.82, 2.24) is 15.0 Å². The molecule has 216 valence electrons. The molecule has 6 rings (SSSR count). The van der Waals surface area contributed by atoms with Crippen LogP contribution >= 0.6 is 0 Å². The summed E-state index contributed by atoms with van der Waals surface area (Å²) < 4.78 is 48.2. The molecule has 5 aromatic rings. The van der Waals surface area contributed by atoms with E-state index in [9.17, 15) is 13.0 Å². The smallest absolute Gasteiger partial charge is 0.153 e. The Balaban J connectivity index is 0.00000353. The minimum atomic E-state index is -1.94. The summed E-state index contributed by atoms with van der Waals surface area (Å²) in [7, 11) is -0.265. The van der Waals surface area contributed by atoms with Crippen molar-refractivity contribution in [1.29, 1.82) is 0 Å². The Morgan fingerprint density at radius 2 is 1.69 bits per heavy atom. The van der Waals surface area contributed by atoms with Crippen LogP contribution in [0.2, 0.25) is 0 Å². The predicted molar refractivity (Wildman–Crippen MR) is 160 cm³/mol. The zero-order valence-electron chi connectivity index (χ0n) is 22.6. The number of benzene rings is 3. The van der Waals surface area contributed by atoms with E-state index in [-0.39, 0.29) is 10.4 Å². The second-order valence-corrected chi connectivity index (χ2v) is 10.7. The molecule has 1 aliphatic rings. The van der Waals surface area contributed by atoms with Crippen LogP contribution in [-0.2, 0) is 11.0 Å². The van der Waals surface area contributed by atoms with Crippen LogP contribution in [-0.4, -0.2) is 57.9 Å². The number of rotatable bonds is 7. The molecule has 3 N–H and O–H groups in total. The Morgan fingerprint density at radius 3 is 2.48 bits per heavy atom. The fourth-order valence-corrected chi connectivity index (χ4v) is 5.76. The maximum absolute atomic E-state index is 14.1. The summed E-state index contributed by atoms with van der Waals surface area (Å²) in [6.45, 7) is 3.25. The lowest BCUT2D eigenvalue weighted by atomic mass is 10.0. The van der Waals surface area contributed by atoms with Crippen molar-refractivity contribution < 1.29 is 23.2 Å². The molecule has 42 heavy (non-hydrogen) atoms. The number of nitrogens with one attached hydrogen (secondary N) is 1. The van der Waals surface area contributed by atoms with Crippen molar-refractivity contribution in [3.05, 3.63) is 97.1 Å². The normalized spacial score (nSPS) is 13.9. The molecule has 0 aliphatic carbocycles. The van der Waals surface area contributed by atoms with Gasteiger partial charge in [0.05, 0.1) is 29.4 Å². The number of nitrogens with zero attached hydrogens (tertiary/aromatic N) is 5. The SMILES string of the molecule is COc1cccc(N2CCN(c3ncnc4ccc(-c5cncc(NS(=O)c6ccc(F)cc6F)c5)cc34)CC2)c1.O. The van der Waals surface area contributed by atoms with Gasteiger partial charge in [0.15, 0.2) is 11.0 Å². The minimum Gasteiger partial charge on any atom is -0.497 e. The number of ether oxygens (including phenoxy) is 1. The number of hydrogen-bond donors (Lipinski definition) is 1. The topological polar surface area (TPSA) is 115 Å². The van der Waals surface area contributed by atoms with Gasteiger partial charge >= 0.3 is 0 Å². The van der Waals surface area contributed by atoms with E-state index in [1.807, 2.05) is 36.4 Å². The van der Waals surface area contributed by atoms with Crippen LogP contribution in [0, 0.1) is 11.6 Å². The van der Waals surface area contributed by atoms with Gasteiger partial charge in [-0.2, -0.15) is 0 Å². The molecule has 0 saturated carbocycles. The van der Waals surface area contributed by atoms with Crippen LogP contribution in [0.3, 0.4) is 0 Å². The van der Waals surface area contributed by atoms with E-state index in [1.165, 1.54) is 6.20 Å². The van der Waals surface area contributed by atoms with Crippen molar-refractivity contribution in [2.45, 2.75) is 4.90 Å². The van der Waals surface area contributed by atoms with E-state index >= 15 is 0 Å². The van der Waals surface area contributed by atoms with E-state index in [2.05, 4.69) is 35.5 Å². The third kappa shape index (κ3) is 5.99. The number of piperazine rings is 1. The highest BCUT2D eigenvalue weighted by molar-refractivity contribution is 7.86. The number of hydrogen-bond acceptors (Lipinski definition) is 7. The van der Waals surface area contributed by atoms with Gasteiger partial charge in [0, 0.05) is 61.1 Å². The quantitative estimate of drug-likeness (QED) is 0.294. The van der Waals surface area contributed by atoms with Gasteiger partial charge in [-0.15, -0.1) is 0 Å². The van der Waals surface area contributed by atoms with Crippen molar-refractivity contribution in [2.75, 3.05) is 47.8 Å². The van der Waals surface area contributed by atoms with Crippen molar-refractivity contribution >= 4 is 39.1 Å². The average molecular weight is 591 g/mol. The molecule has 12 heteroatoms. The molecule has 1 atom stereocenters. The third-order valence-electron chi connectivity index (χ3n) is 6.99. The zero-order valence-corrected chi connectivity index (χ0v) is 23.4. The lowest BCUT2D eigenvalue weighted by Crippen LogP contribution is -2.46. The first-order chi connectivity index (χ1) is 20.0. The van der Waals surface area contributed by atoms with Crippen LogP contribution in [0.5, 0.6) is 5.75 Å². The van der Waals surface area contributed by atoms with Gasteiger partial charge in [0.1, 0.15) is 29.5 Å². The Morgan fingerprint density at radius 1 is 0.881 bits per heavy atom. The summed E-state index contributed by atoms with van der Waals surface area (Å²) in [5, 5.41) is 0.912. The van der Waals surface area contributed by atoms with Crippen molar-refractivity contribution in [2.24, 2.45) is 0 Å². The van der Waals surface area contributed by atoms with Crippen molar-refractivity contribution in [3.63, 3.8) is 0 Å². The number of aromatic nitrogens is 3. The monoisotopic (exact) mass is 590 g/mol. The van der Waals surface area contributed by atoms with Crippen molar-refractivity contribution in [3.8, 4) is 16.9 Å². The molecule has 1 fully saturated rings. The number of anilines is 3. The largest absolute Gasteiger partial charge is 0.497 e. The van der Waals surface area contributed by atoms with Crippen LogP contribution in [0.15, 0.2) is 90.3 Å². The standard InChI is InChI=1S/C30H26F2N6O2S.H2O/c1-40-25-4-2-3-24(16-25)37-9-11-38(12-10-37)30-26-14-20(5-7-28(26)34-19-35-30)21-13-23(18-33-17-21)36-41(39)29-8-6-22(31)15-27(29)32;/h2-8,13-19,36H,9-12H2,1H3;1H2. The molecule has 0 spiro atoms. The first-order valence-corrected chi connectivity index (χ1v) is 14.1. The first-order valence-electron chi connectivity index (χ1n) is 13.0. The Kier molecular flexibility index (Phi) is 8.55. The Hall–Kier alpha value is -4.68. The Bertz CT molecular complexity index is 1750. The lowest BCUT2D eigenvalue weighted by Gasteiger charge is -2.37. The lowest BCUT2D eigenvalue weighted by molar-refractivity contribution is 0.414. The molecular weight excluding hydrogens is 562 g/mol. The molecule has 3 aromatic carbocycles. The molecule has 1 saturated heterocycles. The van der Waals surface area contributed by atoms with Gasteiger partial charge in [0.25, 0.3) is 0 Å². The molecular formula is C30H28F2N6O3S. The maximum Gasteiger partial charge on any atom is 0.153 e. The third-order valence-corrected chi connectivity index (χ3v) is 8.14. The molecule has 3 heterocycles. The summed E-state index contributed by atoms with van der Waals surface area (Å²) >= 11 is 0. The van der Waals surface area contributed by atoms with Gasteiger partial charge < -0.3 is 20.0 Å². The Labute approximate surface area is 243 Å². The number of methoxy groups -OCH3 is 1. The number of pyridine rings is 1. The second-order valence-electron chi connectivity index (χ2n) is 9.51. The summed E-state index contributed by atoms with van der Waals surface area (Å²) in [5.41, 5.74) is 4.03. The van der Waals surface area contributed by atoms with Crippen LogP contribution in [0.1, 0.15) is 0 Å². The van der Waals surface area contributed by atoms with Gasteiger partial charge in [-0.25, -0.2) is 23.0 Å². The molecule has 9 nitrogen and oxygen atoms in total. The molecule has 1 unspecified atom stereocenters. The second kappa shape index (κ2) is 12.5. The van der Waals surface area contributed by atoms with Gasteiger partial charge in [-0.3, -0.25) is 9.71 Å². The molecule has 0 radical (unpaired) electrons. The summed E-state index contributed by atoms with van der Waals surface area (Å²) in [6, 6.07) is 18.7. The molecule has 0 bridgehead atoms. The first kappa shape index (κ1) is 28.8. The highest BCUT2D eigenvalue weighted by atomic mass is 32.2.